The summed E-state index contributed by atoms with van der Waals surface area (Å²) in [5, 5.41) is 0. The second-order valence-electron chi connectivity index (χ2n) is 7.31. The van der Waals surface area contributed by atoms with Crippen LogP contribution in [0.25, 0.3) is 0 Å². The van der Waals surface area contributed by atoms with E-state index in [2.05, 4.69) is 6.92 Å². The number of rotatable bonds is 5. The van der Waals surface area contributed by atoms with Gasteiger partial charge >= 0.3 is 5.97 Å². The van der Waals surface area contributed by atoms with Crippen molar-refractivity contribution in [1.82, 2.24) is 0 Å². The highest BCUT2D eigenvalue weighted by molar-refractivity contribution is 5.89. The number of hydrogen-bond donors (Lipinski definition) is 0. The van der Waals surface area contributed by atoms with Crippen molar-refractivity contribution in [1.29, 1.82) is 0 Å². The van der Waals surface area contributed by atoms with Gasteiger partial charge in [0.1, 0.15) is 6.61 Å². The van der Waals surface area contributed by atoms with E-state index >= 15 is 0 Å². The second-order valence-corrected chi connectivity index (χ2v) is 7.31. The summed E-state index contributed by atoms with van der Waals surface area (Å²) in [6.45, 7) is 3.44. The van der Waals surface area contributed by atoms with Gasteiger partial charge < -0.3 is 9.47 Å². The molecule has 1 saturated carbocycles. The third kappa shape index (κ3) is 3.68. The standard InChI is InChI=1S/C19H23F3O3/c1-2-12-3-5-14(6-4-12)19(9-24-10-19)11-25-18(23)13-7-15(20)17(22)16(21)8-13/h7-8,12,14H,2-6,9-11H2,1H3. The van der Waals surface area contributed by atoms with Crippen LogP contribution >= 0.6 is 0 Å². The quantitative estimate of drug-likeness (QED) is 0.576. The first-order chi connectivity index (χ1) is 11.9. The Bertz CT molecular complexity index is 612. The van der Waals surface area contributed by atoms with Gasteiger partial charge in [0.15, 0.2) is 17.5 Å². The Morgan fingerprint density at radius 2 is 1.76 bits per heavy atom. The van der Waals surface area contributed by atoms with E-state index in [4.69, 9.17) is 9.47 Å². The van der Waals surface area contributed by atoms with E-state index in [1.165, 1.54) is 19.3 Å². The maximum atomic E-state index is 13.3. The van der Waals surface area contributed by atoms with E-state index in [9.17, 15) is 18.0 Å². The maximum Gasteiger partial charge on any atom is 0.338 e. The lowest BCUT2D eigenvalue weighted by Gasteiger charge is -2.48. The van der Waals surface area contributed by atoms with Gasteiger partial charge in [0.05, 0.1) is 24.2 Å². The van der Waals surface area contributed by atoms with Crippen LogP contribution in [-0.2, 0) is 9.47 Å². The number of benzene rings is 1. The van der Waals surface area contributed by atoms with Crippen LogP contribution in [0.5, 0.6) is 0 Å². The zero-order valence-electron chi connectivity index (χ0n) is 14.3. The number of carbonyl (C=O) groups excluding carboxylic acids is 1. The molecule has 1 aliphatic heterocycles. The van der Waals surface area contributed by atoms with Crippen LogP contribution in [0.4, 0.5) is 13.2 Å². The molecule has 3 nitrogen and oxygen atoms in total. The molecule has 1 aliphatic carbocycles. The largest absolute Gasteiger partial charge is 0.461 e. The molecule has 0 unspecified atom stereocenters. The van der Waals surface area contributed by atoms with Crippen molar-refractivity contribution in [3.05, 3.63) is 35.1 Å². The minimum Gasteiger partial charge on any atom is -0.461 e. The predicted octanol–water partition coefficient (Wildman–Crippen LogP) is 4.49. The van der Waals surface area contributed by atoms with Gasteiger partial charge in [-0.2, -0.15) is 0 Å². The molecular weight excluding hydrogens is 333 g/mol. The predicted molar refractivity (Wildman–Crippen MR) is 85.6 cm³/mol. The van der Waals surface area contributed by atoms with Crippen molar-refractivity contribution in [2.24, 2.45) is 17.3 Å². The highest BCUT2D eigenvalue weighted by Gasteiger charge is 2.47. The monoisotopic (exact) mass is 356 g/mol. The lowest BCUT2D eigenvalue weighted by molar-refractivity contribution is -0.176. The van der Waals surface area contributed by atoms with Gasteiger partial charge in [-0.1, -0.05) is 26.2 Å². The number of hydrogen-bond acceptors (Lipinski definition) is 3. The van der Waals surface area contributed by atoms with E-state index in [1.54, 1.807) is 0 Å². The van der Waals surface area contributed by atoms with E-state index in [-0.39, 0.29) is 17.6 Å². The topological polar surface area (TPSA) is 35.5 Å². The van der Waals surface area contributed by atoms with Gasteiger partial charge in [-0.3, -0.25) is 0 Å². The summed E-state index contributed by atoms with van der Waals surface area (Å²) in [5.41, 5.74) is -0.521. The Hall–Kier alpha value is -1.56. The average Bonchev–Trinajstić information content (AvgIpc) is 2.58. The SMILES string of the molecule is CCC1CCC(C2(COC(=O)c3cc(F)c(F)c(F)c3)COC2)CC1. The Labute approximate surface area is 145 Å². The molecule has 1 heterocycles. The summed E-state index contributed by atoms with van der Waals surface area (Å²) in [4.78, 5) is 12.1. The fourth-order valence-electron chi connectivity index (χ4n) is 3.95. The molecule has 6 heteroatoms. The van der Waals surface area contributed by atoms with E-state index in [1.807, 2.05) is 0 Å². The molecule has 1 saturated heterocycles. The summed E-state index contributed by atoms with van der Waals surface area (Å²) in [6.07, 6.45) is 5.70. The summed E-state index contributed by atoms with van der Waals surface area (Å²) >= 11 is 0. The van der Waals surface area contributed by atoms with Gasteiger partial charge in [0, 0.05) is 0 Å². The lowest BCUT2D eigenvalue weighted by atomic mass is 9.65. The zero-order valence-corrected chi connectivity index (χ0v) is 14.3. The fraction of sp³-hybridized carbons (Fsp3) is 0.632. The minimum atomic E-state index is -1.59. The molecule has 0 spiro atoms. The fourth-order valence-corrected chi connectivity index (χ4v) is 3.95. The highest BCUT2D eigenvalue weighted by atomic mass is 19.2. The van der Waals surface area contributed by atoms with Crippen molar-refractivity contribution in [2.75, 3.05) is 19.8 Å². The van der Waals surface area contributed by atoms with Crippen LogP contribution in [0.3, 0.4) is 0 Å². The highest BCUT2D eigenvalue weighted by Crippen LogP contribution is 2.45. The molecule has 0 bridgehead atoms. The molecule has 0 aromatic heterocycles. The van der Waals surface area contributed by atoms with Crippen LogP contribution in [-0.4, -0.2) is 25.8 Å². The molecule has 138 valence electrons. The van der Waals surface area contributed by atoms with Crippen LogP contribution < -0.4 is 0 Å². The van der Waals surface area contributed by atoms with Crippen LogP contribution in [0.2, 0.25) is 0 Å². The zero-order chi connectivity index (χ0) is 18.0. The number of esters is 1. The third-order valence-corrected chi connectivity index (χ3v) is 5.78. The first kappa shape index (κ1) is 18.2. The Balaban J connectivity index is 1.62. The smallest absolute Gasteiger partial charge is 0.338 e. The summed E-state index contributed by atoms with van der Waals surface area (Å²) < 4.78 is 50.2. The molecule has 2 aliphatic rings. The van der Waals surface area contributed by atoms with Crippen molar-refractivity contribution in [2.45, 2.75) is 39.0 Å². The molecule has 0 radical (unpaired) electrons. The second kappa shape index (κ2) is 7.36. The van der Waals surface area contributed by atoms with Crippen molar-refractivity contribution in [3.8, 4) is 0 Å². The van der Waals surface area contributed by atoms with Gasteiger partial charge in [0.2, 0.25) is 0 Å². The number of carbonyl (C=O) groups is 1. The van der Waals surface area contributed by atoms with E-state index < -0.39 is 23.4 Å². The van der Waals surface area contributed by atoms with Gasteiger partial charge in [0.25, 0.3) is 0 Å². The molecule has 1 aromatic rings. The molecule has 2 fully saturated rings. The van der Waals surface area contributed by atoms with Gasteiger partial charge in [-0.25, -0.2) is 18.0 Å². The van der Waals surface area contributed by atoms with E-state index in [0.717, 1.165) is 18.8 Å². The molecular formula is C19H23F3O3. The molecule has 0 amide bonds. The lowest BCUT2D eigenvalue weighted by Crippen LogP contribution is -2.52. The average molecular weight is 356 g/mol. The number of ether oxygens (including phenoxy) is 2. The summed E-state index contributed by atoms with van der Waals surface area (Å²) in [6, 6.07) is 1.33. The van der Waals surface area contributed by atoms with Crippen LogP contribution in [0, 0.1) is 34.7 Å². The Kier molecular flexibility index (Phi) is 5.37. The molecule has 0 atom stereocenters. The van der Waals surface area contributed by atoms with Crippen molar-refractivity contribution in [3.63, 3.8) is 0 Å². The van der Waals surface area contributed by atoms with Gasteiger partial charge in [-0.15, -0.1) is 0 Å². The summed E-state index contributed by atoms with van der Waals surface area (Å²) in [5.74, 6) is -4.03. The minimum absolute atomic E-state index is 0.161. The van der Waals surface area contributed by atoms with Crippen molar-refractivity contribution >= 4 is 5.97 Å². The molecule has 1 aromatic carbocycles. The maximum absolute atomic E-state index is 13.3. The first-order valence-electron chi connectivity index (χ1n) is 8.84. The molecule has 25 heavy (non-hydrogen) atoms. The Morgan fingerprint density at radius 3 is 2.24 bits per heavy atom. The van der Waals surface area contributed by atoms with E-state index in [0.29, 0.717) is 31.3 Å². The van der Waals surface area contributed by atoms with Crippen molar-refractivity contribution < 1.29 is 27.4 Å². The van der Waals surface area contributed by atoms with Gasteiger partial charge in [-0.05, 0) is 36.8 Å². The third-order valence-electron chi connectivity index (χ3n) is 5.78. The molecule has 3 rings (SSSR count). The van der Waals surface area contributed by atoms with Crippen LogP contribution in [0.1, 0.15) is 49.4 Å². The molecule has 0 N–H and O–H groups in total. The summed E-state index contributed by atoms with van der Waals surface area (Å²) in [7, 11) is 0. The number of halogens is 3. The first-order valence-corrected chi connectivity index (χ1v) is 8.84. The normalized spacial score (nSPS) is 25.3. The Morgan fingerprint density at radius 1 is 1.16 bits per heavy atom. The van der Waals surface area contributed by atoms with Crippen LogP contribution in [0.15, 0.2) is 12.1 Å².